The van der Waals surface area contributed by atoms with Crippen LogP contribution in [-0.4, -0.2) is 12.5 Å². The third kappa shape index (κ3) is 3.15. The van der Waals surface area contributed by atoms with Crippen molar-refractivity contribution in [1.82, 2.24) is 5.32 Å². The fourth-order valence-electron chi connectivity index (χ4n) is 1.46. The summed E-state index contributed by atoms with van der Waals surface area (Å²) >= 11 is 0. The zero-order valence-electron chi connectivity index (χ0n) is 9.62. The average Bonchev–Trinajstić information content (AvgIpc) is 2.29. The van der Waals surface area contributed by atoms with Crippen LogP contribution in [0.4, 0.5) is 5.69 Å². The average molecular weight is 220 g/mol. The summed E-state index contributed by atoms with van der Waals surface area (Å²) in [6.45, 7) is 4.49. The maximum absolute atomic E-state index is 11.5. The molecular weight excluding hydrogens is 204 g/mol. The van der Waals surface area contributed by atoms with Crippen molar-refractivity contribution >= 4 is 11.6 Å². The molecule has 0 atom stereocenters. The summed E-state index contributed by atoms with van der Waals surface area (Å²) in [5, 5.41) is 5.72. The first-order chi connectivity index (χ1) is 7.69. The number of rotatable bonds is 5. The number of benzene rings is 1. The summed E-state index contributed by atoms with van der Waals surface area (Å²) in [5.74, 6) is -0.0204. The van der Waals surface area contributed by atoms with E-state index in [0.29, 0.717) is 18.7 Å². The molecule has 1 aromatic carbocycles. The highest BCUT2D eigenvalue weighted by Gasteiger charge is 2.08. The van der Waals surface area contributed by atoms with Crippen molar-refractivity contribution < 1.29 is 4.79 Å². The number of nitrogens with one attached hydrogen (secondary N) is 1. The fourth-order valence-corrected chi connectivity index (χ4v) is 1.46. The molecule has 16 heavy (non-hydrogen) atoms. The molecule has 86 valence electrons. The number of nitrogens with zero attached hydrogens (tertiary/aromatic N) is 1. The highest BCUT2D eigenvalue weighted by Crippen LogP contribution is 2.21. The number of amides is 1. The SMILES string of the molecule is CCCNC(=O)Cc1cccc(N=O)c1C. The van der Waals surface area contributed by atoms with Crippen LogP contribution in [-0.2, 0) is 11.2 Å². The molecule has 0 aliphatic heterocycles. The molecule has 1 rings (SSSR count). The van der Waals surface area contributed by atoms with Crippen molar-refractivity contribution in [1.29, 1.82) is 0 Å². The number of nitroso groups, excluding NO2 is 1. The Kier molecular flexibility index (Phi) is 4.64. The Labute approximate surface area is 95.0 Å². The quantitative estimate of drug-likeness (QED) is 0.775. The van der Waals surface area contributed by atoms with Crippen LogP contribution in [0.5, 0.6) is 0 Å². The lowest BCUT2D eigenvalue weighted by atomic mass is 10.0. The first-order valence-corrected chi connectivity index (χ1v) is 5.37. The second-order valence-electron chi connectivity index (χ2n) is 3.68. The maximum Gasteiger partial charge on any atom is 0.224 e. The van der Waals surface area contributed by atoms with Crippen molar-refractivity contribution in [3.63, 3.8) is 0 Å². The van der Waals surface area contributed by atoms with E-state index in [2.05, 4.69) is 10.5 Å². The highest BCUT2D eigenvalue weighted by molar-refractivity contribution is 5.79. The summed E-state index contributed by atoms with van der Waals surface area (Å²) in [5.41, 5.74) is 2.04. The number of carbonyl (C=O) groups excluding carboxylic acids is 1. The smallest absolute Gasteiger partial charge is 0.224 e. The third-order valence-electron chi connectivity index (χ3n) is 2.44. The summed E-state index contributed by atoms with van der Waals surface area (Å²) in [7, 11) is 0. The molecule has 0 unspecified atom stereocenters. The van der Waals surface area contributed by atoms with Crippen molar-refractivity contribution in [3.8, 4) is 0 Å². The predicted octanol–water partition coefficient (Wildman–Crippen LogP) is 2.46. The van der Waals surface area contributed by atoms with Crippen LogP contribution in [0.2, 0.25) is 0 Å². The van der Waals surface area contributed by atoms with Gasteiger partial charge in [0, 0.05) is 6.54 Å². The Hall–Kier alpha value is -1.71. The number of carbonyl (C=O) groups is 1. The summed E-state index contributed by atoms with van der Waals surface area (Å²) in [4.78, 5) is 22.0. The van der Waals surface area contributed by atoms with E-state index in [4.69, 9.17) is 0 Å². The molecule has 0 saturated heterocycles. The molecule has 0 aliphatic rings. The van der Waals surface area contributed by atoms with Gasteiger partial charge in [0.15, 0.2) is 0 Å². The van der Waals surface area contributed by atoms with E-state index in [-0.39, 0.29) is 5.91 Å². The van der Waals surface area contributed by atoms with Gasteiger partial charge in [0.1, 0.15) is 5.69 Å². The standard InChI is InChI=1S/C12H16N2O2/c1-3-7-13-12(15)8-10-5-4-6-11(14-16)9(10)2/h4-6H,3,7-8H2,1-2H3,(H,13,15). The van der Waals surface area contributed by atoms with E-state index in [9.17, 15) is 9.70 Å². The molecule has 0 bridgehead atoms. The van der Waals surface area contributed by atoms with Crippen LogP contribution in [0.15, 0.2) is 23.4 Å². The van der Waals surface area contributed by atoms with Gasteiger partial charge in [-0.25, -0.2) is 0 Å². The number of hydrogen-bond donors (Lipinski definition) is 1. The number of hydrogen-bond acceptors (Lipinski definition) is 3. The van der Waals surface area contributed by atoms with Crippen LogP contribution in [0.1, 0.15) is 24.5 Å². The zero-order valence-corrected chi connectivity index (χ0v) is 9.62. The van der Waals surface area contributed by atoms with Gasteiger partial charge in [-0.1, -0.05) is 19.1 Å². The van der Waals surface area contributed by atoms with Crippen molar-refractivity contribution in [2.24, 2.45) is 5.18 Å². The van der Waals surface area contributed by atoms with Gasteiger partial charge < -0.3 is 5.32 Å². The highest BCUT2D eigenvalue weighted by atomic mass is 16.3. The van der Waals surface area contributed by atoms with E-state index in [0.717, 1.165) is 17.5 Å². The molecule has 0 aromatic heterocycles. The van der Waals surface area contributed by atoms with Crippen molar-refractivity contribution in [2.45, 2.75) is 26.7 Å². The minimum absolute atomic E-state index is 0.0204. The van der Waals surface area contributed by atoms with Gasteiger partial charge in [-0.2, -0.15) is 0 Å². The monoisotopic (exact) mass is 220 g/mol. The zero-order chi connectivity index (χ0) is 12.0. The van der Waals surface area contributed by atoms with E-state index in [1.165, 1.54) is 0 Å². The molecule has 0 saturated carbocycles. The van der Waals surface area contributed by atoms with E-state index in [1.54, 1.807) is 19.1 Å². The Morgan fingerprint density at radius 1 is 1.44 bits per heavy atom. The third-order valence-corrected chi connectivity index (χ3v) is 2.44. The minimum Gasteiger partial charge on any atom is -0.356 e. The van der Waals surface area contributed by atoms with Gasteiger partial charge in [0.05, 0.1) is 6.42 Å². The van der Waals surface area contributed by atoms with Gasteiger partial charge in [-0.05, 0) is 35.7 Å². The van der Waals surface area contributed by atoms with Gasteiger partial charge in [0.25, 0.3) is 0 Å². The molecule has 4 heteroatoms. The van der Waals surface area contributed by atoms with Gasteiger partial charge >= 0.3 is 0 Å². The minimum atomic E-state index is -0.0204. The summed E-state index contributed by atoms with van der Waals surface area (Å²) in [6.07, 6.45) is 1.22. The molecular formula is C12H16N2O2. The van der Waals surface area contributed by atoms with E-state index >= 15 is 0 Å². The van der Waals surface area contributed by atoms with E-state index < -0.39 is 0 Å². The predicted molar refractivity (Wildman–Crippen MR) is 63.6 cm³/mol. The Morgan fingerprint density at radius 3 is 2.81 bits per heavy atom. The van der Waals surface area contributed by atoms with Crippen LogP contribution < -0.4 is 5.32 Å². The lowest BCUT2D eigenvalue weighted by molar-refractivity contribution is -0.120. The topological polar surface area (TPSA) is 58.5 Å². The van der Waals surface area contributed by atoms with E-state index in [1.807, 2.05) is 13.0 Å². The van der Waals surface area contributed by atoms with Gasteiger partial charge in [-0.3, -0.25) is 4.79 Å². The second kappa shape index (κ2) is 6.00. The van der Waals surface area contributed by atoms with Crippen molar-refractivity contribution in [3.05, 3.63) is 34.2 Å². The van der Waals surface area contributed by atoms with Crippen LogP contribution in [0, 0.1) is 11.8 Å². The lowest BCUT2D eigenvalue weighted by Gasteiger charge is -2.07. The Morgan fingerprint density at radius 2 is 2.19 bits per heavy atom. The van der Waals surface area contributed by atoms with Crippen molar-refractivity contribution in [2.75, 3.05) is 6.54 Å². The first-order valence-electron chi connectivity index (χ1n) is 5.37. The van der Waals surface area contributed by atoms with Crippen LogP contribution >= 0.6 is 0 Å². The summed E-state index contributed by atoms with van der Waals surface area (Å²) < 4.78 is 0. The Balaban J connectivity index is 2.73. The Bertz CT molecular complexity index is 389. The molecule has 0 aliphatic carbocycles. The lowest BCUT2D eigenvalue weighted by Crippen LogP contribution is -2.25. The second-order valence-corrected chi connectivity index (χ2v) is 3.68. The normalized spacial score (nSPS) is 9.88. The van der Waals surface area contributed by atoms with Gasteiger partial charge in [0.2, 0.25) is 5.91 Å². The first kappa shape index (κ1) is 12.4. The van der Waals surface area contributed by atoms with Gasteiger partial charge in [-0.15, -0.1) is 4.91 Å². The molecule has 0 fully saturated rings. The van der Waals surface area contributed by atoms with Crippen LogP contribution in [0.25, 0.3) is 0 Å². The fraction of sp³-hybridized carbons (Fsp3) is 0.417. The molecule has 0 spiro atoms. The summed E-state index contributed by atoms with van der Waals surface area (Å²) in [6, 6.07) is 5.23. The molecule has 1 N–H and O–H groups in total. The molecule has 1 amide bonds. The largest absolute Gasteiger partial charge is 0.356 e. The molecule has 0 heterocycles. The maximum atomic E-state index is 11.5. The molecule has 1 aromatic rings. The molecule has 4 nitrogen and oxygen atoms in total. The van der Waals surface area contributed by atoms with Crippen LogP contribution in [0.3, 0.4) is 0 Å². The molecule has 0 radical (unpaired) electrons.